The minimum Gasteiger partial charge on any atom is -0.489 e. The smallest absolute Gasteiger partial charge is 0.306 e. The molecule has 0 fully saturated rings. The van der Waals surface area contributed by atoms with Crippen molar-refractivity contribution in [1.29, 1.82) is 0 Å². The van der Waals surface area contributed by atoms with Gasteiger partial charge < -0.3 is 14.9 Å². The third-order valence-corrected chi connectivity index (χ3v) is 6.77. The highest BCUT2D eigenvalue weighted by atomic mass is 19.3. The molecule has 0 heterocycles. The van der Waals surface area contributed by atoms with Gasteiger partial charge in [0.1, 0.15) is 18.2 Å². The van der Waals surface area contributed by atoms with Crippen LogP contribution in [0.4, 0.5) is 13.2 Å². The SMILES string of the molecule is CC1(C)CCC=C1c1cc(COc2cccc([C@H](O)CC(=O)O)c2)ccc1-c1cc(C(F)F)ccc1F. The van der Waals surface area contributed by atoms with Gasteiger partial charge in [-0.15, -0.1) is 0 Å². The molecule has 1 atom stereocenters. The number of hydrogen-bond acceptors (Lipinski definition) is 3. The number of aliphatic carboxylic acids is 1. The maximum atomic E-state index is 14.9. The number of hydrogen-bond donors (Lipinski definition) is 2. The van der Waals surface area contributed by atoms with Crippen LogP contribution in [0, 0.1) is 11.2 Å². The molecule has 194 valence electrons. The first kappa shape index (κ1) is 26.5. The summed E-state index contributed by atoms with van der Waals surface area (Å²) < 4.78 is 47.6. The van der Waals surface area contributed by atoms with Crippen molar-refractivity contribution >= 4 is 11.5 Å². The van der Waals surface area contributed by atoms with E-state index >= 15 is 0 Å². The fourth-order valence-electron chi connectivity index (χ4n) is 4.75. The van der Waals surface area contributed by atoms with Crippen LogP contribution in [0.3, 0.4) is 0 Å². The standard InChI is InChI=1S/C30H29F3O4/c1-30(2)12-4-7-25(30)23-13-18(8-10-22(23)24-15-20(29(32)33)9-11-26(24)31)17-37-21-6-3-5-19(14-21)27(34)16-28(35)36/h3,5-11,13-15,27,29,34H,4,12,16-17H2,1-2H3,(H,35,36)/t27-/m1/s1. The predicted molar refractivity (Wildman–Crippen MR) is 136 cm³/mol. The summed E-state index contributed by atoms with van der Waals surface area (Å²) in [6, 6.07) is 15.4. The minimum atomic E-state index is -2.71. The van der Waals surface area contributed by atoms with E-state index < -0.39 is 30.7 Å². The van der Waals surface area contributed by atoms with Crippen LogP contribution in [0.1, 0.15) is 67.9 Å². The lowest BCUT2D eigenvalue weighted by Crippen LogP contribution is -2.10. The Hall–Kier alpha value is -3.58. The molecular weight excluding hydrogens is 481 g/mol. The summed E-state index contributed by atoms with van der Waals surface area (Å²) in [5.41, 5.74) is 3.31. The Balaban J connectivity index is 1.67. The van der Waals surface area contributed by atoms with Crippen molar-refractivity contribution in [2.45, 2.75) is 52.2 Å². The normalized spacial score (nSPS) is 15.5. The zero-order valence-electron chi connectivity index (χ0n) is 20.7. The third-order valence-electron chi connectivity index (χ3n) is 6.77. The van der Waals surface area contributed by atoms with E-state index in [9.17, 15) is 23.1 Å². The van der Waals surface area contributed by atoms with Crippen LogP contribution < -0.4 is 4.74 Å². The van der Waals surface area contributed by atoms with Crippen LogP contribution in [0.2, 0.25) is 0 Å². The average Bonchev–Trinajstić information content (AvgIpc) is 3.21. The molecule has 0 unspecified atom stereocenters. The summed E-state index contributed by atoms with van der Waals surface area (Å²) >= 11 is 0. The highest BCUT2D eigenvalue weighted by molar-refractivity contribution is 5.85. The van der Waals surface area contributed by atoms with Gasteiger partial charge in [0.2, 0.25) is 0 Å². The zero-order valence-corrected chi connectivity index (χ0v) is 20.7. The van der Waals surface area contributed by atoms with E-state index in [1.165, 1.54) is 6.07 Å². The Morgan fingerprint density at radius 3 is 2.46 bits per heavy atom. The van der Waals surface area contributed by atoms with Crippen molar-refractivity contribution in [2.75, 3.05) is 0 Å². The van der Waals surface area contributed by atoms with Gasteiger partial charge in [0, 0.05) is 11.1 Å². The first-order chi connectivity index (χ1) is 17.5. The number of aliphatic hydroxyl groups excluding tert-OH is 1. The maximum Gasteiger partial charge on any atom is 0.306 e. The molecule has 0 spiro atoms. The van der Waals surface area contributed by atoms with Gasteiger partial charge in [-0.3, -0.25) is 4.79 Å². The lowest BCUT2D eigenvalue weighted by atomic mass is 9.79. The number of carboxylic acid groups (broad SMARTS) is 1. The van der Waals surface area contributed by atoms with Crippen LogP contribution in [-0.4, -0.2) is 16.2 Å². The molecule has 0 saturated heterocycles. The van der Waals surface area contributed by atoms with Crippen molar-refractivity contribution < 1.29 is 32.9 Å². The van der Waals surface area contributed by atoms with E-state index in [1.54, 1.807) is 36.4 Å². The maximum absolute atomic E-state index is 14.9. The number of ether oxygens (including phenoxy) is 1. The summed E-state index contributed by atoms with van der Waals surface area (Å²) in [7, 11) is 0. The summed E-state index contributed by atoms with van der Waals surface area (Å²) in [5, 5.41) is 19.0. The van der Waals surface area contributed by atoms with E-state index in [4.69, 9.17) is 9.84 Å². The van der Waals surface area contributed by atoms with Gasteiger partial charge in [-0.05, 0) is 76.4 Å². The molecule has 0 aliphatic heterocycles. The summed E-state index contributed by atoms with van der Waals surface area (Å²) in [5.74, 6) is -1.21. The van der Waals surface area contributed by atoms with E-state index in [0.29, 0.717) is 16.9 Å². The number of benzene rings is 3. The highest BCUT2D eigenvalue weighted by Gasteiger charge is 2.30. The average molecular weight is 511 g/mol. The largest absolute Gasteiger partial charge is 0.489 e. The fourth-order valence-corrected chi connectivity index (χ4v) is 4.75. The lowest BCUT2D eigenvalue weighted by molar-refractivity contribution is -0.139. The highest BCUT2D eigenvalue weighted by Crippen LogP contribution is 2.47. The van der Waals surface area contributed by atoms with Crippen LogP contribution in [0.5, 0.6) is 5.75 Å². The van der Waals surface area contributed by atoms with Gasteiger partial charge in [-0.2, -0.15) is 0 Å². The summed E-state index contributed by atoms with van der Waals surface area (Å²) in [4.78, 5) is 10.9. The van der Waals surface area contributed by atoms with Gasteiger partial charge in [0.25, 0.3) is 6.43 Å². The molecule has 1 aliphatic carbocycles. The zero-order chi connectivity index (χ0) is 26.7. The fraction of sp³-hybridized carbons (Fsp3) is 0.300. The molecule has 2 N–H and O–H groups in total. The Bertz CT molecular complexity index is 1330. The second-order valence-electron chi connectivity index (χ2n) is 9.94. The predicted octanol–water partition coefficient (Wildman–Crippen LogP) is 7.72. The molecule has 3 aromatic carbocycles. The number of carboxylic acids is 1. The molecule has 4 rings (SSSR count). The molecule has 0 saturated carbocycles. The van der Waals surface area contributed by atoms with Gasteiger partial charge in [-0.1, -0.05) is 50.3 Å². The first-order valence-electron chi connectivity index (χ1n) is 12.1. The molecule has 1 aliphatic rings. The topological polar surface area (TPSA) is 66.8 Å². The molecule has 0 aromatic heterocycles. The number of allylic oxidation sites excluding steroid dienone is 2. The number of alkyl halides is 2. The minimum absolute atomic E-state index is 0.129. The second kappa shape index (κ2) is 10.8. The Kier molecular flexibility index (Phi) is 7.73. The van der Waals surface area contributed by atoms with Crippen molar-refractivity contribution in [1.82, 2.24) is 0 Å². The first-order valence-corrected chi connectivity index (χ1v) is 12.1. The lowest BCUT2D eigenvalue weighted by Gasteiger charge is -2.25. The van der Waals surface area contributed by atoms with E-state index in [1.807, 2.05) is 6.07 Å². The molecule has 3 aromatic rings. The quantitative estimate of drug-likeness (QED) is 0.309. The van der Waals surface area contributed by atoms with Gasteiger partial charge in [0.05, 0.1) is 12.5 Å². The molecule has 0 bridgehead atoms. The van der Waals surface area contributed by atoms with Crippen LogP contribution in [-0.2, 0) is 11.4 Å². The van der Waals surface area contributed by atoms with E-state index in [-0.39, 0.29) is 23.1 Å². The van der Waals surface area contributed by atoms with Gasteiger partial charge >= 0.3 is 5.97 Å². The molecule has 4 nitrogen and oxygen atoms in total. The van der Waals surface area contributed by atoms with Crippen molar-refractivity contribution in [2.24, 2.45) is 5.41 Å². The van der Waals surface area contributed by atoms with E-state index in [0.717, 1.165) is 41.7 Å². The number of aliphatic hydroxyl groups is 1. The van der Waals surface area contributed by atoms with Crippen LogP contribution in [0.15, 0.2) is 66.7 Å². The van der Waals surface area contributed by atoms with Crippen molar-refractivity contribution in [3.05, 3.63) is 94.8 Å². The Morgan fingerprint density at radius 1 is 1.00 bits per heavy atom. The van der Waals surface area contributed by atoms with E-state index in [2.05, 4.69) is 19.9 Å². The number of carbonyl (C=O) groups is 1. The number of halogens is 3. The molecule has 37 heavy (non-hydrogen) atoms. The number of rotatable bonds is 9. The molecule has 0 radical (unpaired) electrons. The van der Waals surface area contributed by atoms with Crippen LogP contribution in [0.25, 0.3) is 16.7 Å². The Labute approximate surface area is 214 Å². The van der Waals surface area contributed by atoms with Gasteiger partial charge in [0.15, 0.2) is 0 Å². The molecular formula is C30H29F3O4. The monoisotopic (exact) mass is 510 g/mol. The van der Waals surface area contributed by atoms with Crippen LogP contribution >= 0.6 is 0 Å². The summed E-state index contributed by atoms with van der Waals surface area (Å²) in [6.45, 7) is 4.39. The summed E-state index contributed by atoms with van der Waals surface area (Å²) in [6.07, 6.45) is -0.361. The second-order valence-corrected chi connectivity index (χ2v) is 9.94. The molecule has 0 amide bonds. The third kappa shape index (κ3) is 6.05. The van der Waals surface area contributed by atoms with Crippen molar-refractivity contribution in [3.63, 3.8) is 0 Å². The van der Waals surface area contributed by atoms with Gasteiger partial charge in [-0.25, -0.2) is 13.2 Å². The molecule has 7 heteroatoms. The van der Waals surface area contributed by atoms with Crippen molar-refractivity contribution in [3.8, 4) is 16.9 Å². The Morgan fingerprint density at radius 2 is 1.78 bits per heavy atom.